The fourth-order valence-electron chi connectivity index (χ4n) is 5.31. The SMILES string of the molecule is CCCCCCCCCCC(C)N[Si](C)(C)C1c2ccccc2-c2ccccc21.[Cl-].[Cl-].[Ti+2]. The Morgan fingerprint density at radius 1 is 0.750 bits per heavy atom. The number of halogens is 2. The molecule has 1 aliphatic carbocycles. The van der Waals surface area contributed by atoms with Gasteiger partial charge in [-0.1, -0.05) is 127 Å². The van der Waals surface area contributed by atoms with Crippen molar-refractivity contribution in [1.29, 1.82) is 0 Å². The van der Waals surface area contributed by atoms with E-state index in [1.54, 1.807) is 0 Å². The molecule has 2 aromatic rings. The molecule has 0 saturated carbocycles. The molecule has 1 N–H and O–H groups in total. The monoisotopic (exact) mass is 525 g/mol. The van der Waals surface area contributed by atoms with Gasteiger partial charge >= 0.3 is 21.7 Å². The van der Waals surface area contributed by atoms with Gasteiger partial charge in [-0.3, -0.25) is 0 Å². The Bertz CT molecular complexity index is 738. The van der Waals surface area contributed by atoms with Gasteiger partial charge in [-0.05, 0) is 34.7 Å². The molecule has 1 aliphatic rings. The van der Waals surface area contributed by atoms with Gasteiger partial charge in [0.25, 0.3) is 0 Å². The molecule has 0 bridgehead atoms. The number of benzene rings is 2. The van der Waals surface area contributed by atoms with Crippen LogP contribution in [0.3, 0.4) is 0 Å². The summed E-state index contributed by atoms with van der Waals surface area (Å²) in [5.41, 5.74) is 6.53. The van der Waals surface area contributed by atoms with Crippen molar-refractivity contribution in [1.82, 2.24) is 4.98 Å². The fourth-order valence-corrected chi connectivity index (χ4v) is 8.95. The Labute approximate surface area is 225 Å². The maximum Gasteiger partial charge on any atom is 2.00 e. The minimum atomic E-state index is -1.68. The third-order valence-corrected chi connectivity index (χ3v) is 9.97. The Kier molecular flexibility index (Phi) is 15.7. The zero-order chi connectivity index (χ0) is 20.7. The second-order valence-corrected chi connectivity index (χ2v) is 13.9. The number of hydrogen-bond donors (Lipinski definition) is 1. The summed E-state index contributed by atoms with van der Waals surface area (Å²) < 4.78 is 0. The van der Waals surface area contributed by atoms with Crippen LogP contribution < -0.4 is 29.8 Å². The molecule has 1 atom stereocenters. The van der Waals surface area contributed by atoms with E-state index >= 15 is 0 Å². The van der Waals surface area contributed by atoms with Crippen LogP contribution in [-0.2, 0) is 21.7 Å². The maximum absolute atomic E-state index is 4.14. The number of rotatable bonds is 12. The van der Waals surface area contributed by atoms with Crippen LogP contribution in [-0.4, -0.2) is 14.3 Å². The van der Waals surface area contributed by atoms with Gasteiger partial charge < -0.3 is 29.8 Å². The van der Waals surface area contributed by atoms with E-state index in [0.717, 1.165) is 0 Å². The van der Waals surface area contributed by atoms with Gasteiger partial charge in [-0.15, -0.1) is 0 Å². The largest absolute Gasteiger partial charge is 2.00 e. The first-order valence-corrected chi connectivity index (χ1v) is 15.1. The predicted molar refractivity (Wildman–Crippen MR) is 131 cm³/mol. The normalized spacial score (nSPS) is 13.2. The Morgan fingerprint density at radius 2 is 1.19 bits per heavy atom. The molecule has 0 fully saturated rings. The van der Waals surface area contributed by atoms with Crippen LogP contribution >= 0.6 is 0 Å². The van der Waals surface area contributed by atoms with Gasteiger partial charge in [-0.25, -0.2) is 0 Å². The molecule has 5 heteroatoms. The molecule has 0 radical (unpaired) electrons. The minimum absolute atomic E-state index is 0. The third-order valence-electron chi connectivity index (χ3n) is 6.66. The average Bonchev–Trinajstić information content (AvgIpc) is 3.05. The first-order valence-electron chi connectivity index (χ1n) is 12.0. The van der Waals surface area contributed by atoms with Crippen LogP contribution in [0, 0.1) is 0 Å². The van der Waals surface area contributed by atoms with E-state index in [1.807, 2.05) is 0 Å². The average molecular weight is 526 g/mol. The molecular weight excluding hydrogens is 485 g/mol. The molecule has 3 rings (SSSR count). The van der Waals surface area contributed by atoms with Crippen molar-refractivity contribution in [3.63, 3.8) is 0 Å². The second-order valence-electron chi connectivity index (χ2n) is 9.64. The fraction of sp³-hybridized carbons (Fsp3) is 0.556. The zero-order valence-electron chi connectivity index (χ0n) is 20.4. The van der Waals surface area contributed by atoms with Crippen LogP contribution in [0.2, 0.25) is 13.1 Å². The molecule has 0 aromatic heterocycles. The van der Waals surface area contributed by atoms with Gasteiger partial charge in [0.15, 0.2) is 0 Å². The number of fused-ring (bicyclic) bond motifs is 3. The first kappa shape index (κ1) is 31.9. The van der Waals surface area contributed by atoms with E-state index in [9.17, 15) is 0 Å². The Morgan fingerprint density at radius 3 is 1.69 bits per heavy atom. The summed E-state index contributed by atoms with van der Waals surface area (Å²) in [6.45, 7) is 9.76. The molecule has 0 saturated heterocycles. The molecule has 1 unspecified atom stereocenters. The van der Waals surface area contributed by atoms with Crippen molar-refractivity contribution < 1.29 is 46.5 Å². The summed E-state index contributed by atoms with van der Waals surface area (Å²) in [6.07, 6.45) is 12.5. The molecule has 0 heterocycles. The molecule has 176 valence electrons. The van der Waals surface area contributed by atoms with Crippen LogP contribution in [0.1, 0.15) is 88.3 Å². The predicted octanol–water partition coefficient (Wildman–Crippen LogP) is 2.06. The van der Waals surface area contributed by atoms with E-state index in [1.165, 1.54) is 80.0 Å². The number of unbranched alkanes of at least 4 members (excludes halogenated alkanes) is 7. The molecule has 1 nitrogen and oxygen atoms in total. The standard InChI is InChI=1S/C27H41NSi.2ClH.Ti/c1-5-6-7-8-9-10-11-12-17-22(2)28-29(3,4)27-25-20-15-13-18-23(25)24-19-14-16-21-26(24)27;;;/h13-16,18-22,27-28H,5-12,17H2,1-4H3;2*1H;/q;;;+2/p-2. The van der Waals surface area contributed by atoms with Crippen LogP contribution in [0.15, 0.2) is 48.5 Å². The van der Waals surface area contributed by atoms with E-state index in [4.69, 9.17) is 0 Å². The summed E-state index contributed by atoms with van der Waals surface area (Å²) in [4.78, 5) is 4.14. The van der Waals surface area contributed by atoms with E-state index in [0.29, 0.717) is 11.6 Å². The summed E-state index contributed by atoms with van der Waals surface area (Å²) >= 11 is 0. The van der Waals surface area contributed by atoms with Gasteiger partial charge in [0.2, 0.25) is 0 Å². The summed E-state index contributed by atoms with van der Waals surface area (Å²) in [5.74, 6) is 0. The summed E-state index contributed by atoms with van der Waals surface area (Å²) in [7, 11) is -1.68. The first-order chi connectivity index (χ1) is 14.0. The van der Waals surface area contributed by atoms with Crippen molar-refractivity contribution >= 4 is 8.24 Å². The smallest absolute Gasteiger partial charge is 1.00 e. The molecule has 0 amide bonds. The van der Waals surface area contributed by atoms with E-state index in [-0.39, 0.29) is 46.5 Å². The molecule has 32 heavy (non-hydrogen) atoms. The third kappa shape index (κ3) is 8.29. The quantitative estimate of drug-likeness (QED) is 0.330. The van der Waals surface area contributed by atoms with Crippen molar-refractivity contribution in [2.45, 2.75) is 96.3 Å². The van der Waals surface area contributed by atoms with Crippen LogP contribution in [0.4, 0.5) is 0 Å². The van der Waals surface area contributed by atoms with Gasteiger partial charge in [0.05, 0.1) is 0 Å². The molecule has 0 aliphatic heterocycles. The minimum Gasteiger partial charge on any atom is -1.00 e. The van der Waals surface area contributed by atoms with Crippen molar-refractivity contribution in [2.75, 3.05) is 0 Å². The molecular formula is C27H41Cl2NSiTi. The van der Waals surface area contributed by atoms with Crippen LogP contribution in [0.25, 0.3) is 11.1 Å². The zero-order valence-corrected chi connectivity index (χ0v) is 24.5. The summed E-state index contributed by atoms with van der Waals surface area (Å²) in [5, 5.41) is 0. The van der Waals surface area contributed by atoms with Crippen LogP contribution in [0.5, 0.6) is 0 Å². The van der Waals surface area contributed by atoms with Gasteiger partial charge in [-0.2, -0.15) is 0 Å². The van der Waals surface area contributed by atoms with Crippen molar-refractivity contribution in [3.05, 3.63) is 59.7 Å². The molecule has 2 aromatic carbocycles. The van der Waals surface area contributed by atoms with Crippen molar-refractivity contribution in [3.8, 4) is 11.1 Å². The van der Waals surface area contributed by atoms with E-state index in [2.05, 4.69) is 80.5 Å². The second kappa shape index (κ2) is 15.7. The number of hydrogen-bond acceptors (Lipinski definition) is 1. The topological polar surface area (TPSA) is 12.0 Å². The van der Waals surface area contributed by atoms with Crippen molar-refractivity contribution in [2.24, 2.45) is 0 Å². The van der Waals surface area contributed by atoms with Gasteiger partial charge in [0.1, 0.15) is 8.24 Å². The number of nitrogens with one attached hydrogen (secondary N) is 1. The van der Waals surface area contributed by atoms with Gasteiger partial charge in [0, 0.05) is 5.54 Å². The van der Waals surface area contributed by atoms with E-state index < -0.39 is 8.24 Å². The molecule has 0 spiro atoms. The Balaban J connectivity index is 0.00000320. The Hall–Kier alpha value is -0.0888. The summed E-state index contributed by atoms with van der Waals surface area (Å²) in [6, 6.07) is 18.7. The maximum atomic E-state index is 4.14.